The summed E-state index contributed by atoms with van der Waals surface area (Å²) in [7, 11) is 0. The van der Waals surface area contributed by atoms with E-state index < -0.39 is 0 Å². The Bertz CT molecular complexity index is 710. The normalized spacial score (nSPS) is 15.2. The third-order valence-electron chi connectivity index (χ3n) is 5.09. The van der Waals surface area contributed by atoms with Crippen LogP contribution >= 0.6 is 11.8 Å². The SMILES string of the molecule is CCN(C(=O)CSc1nnc(C)n1Cc1ccccc1)C1CCCCC1. The van der Waals surface area contributed by atoms with Gasteiger partial charge in [0.2, 0.25) is 5.91 Å². The molecule has 2 aromatic rings. The van der Waals surface area contributed by atoms with Gasteiger partial charge in [-0.05, 0) is 32.3 Å². The molecule has 1 heterocycles. The smallest absolute Gasteiger partial charge is 0.233 e. The second-order valence-corrected chi connectivity index (χ2v) is 7.80. The highest BCUT2D eigenvalue weighted by Crippen LogP contribution is 2.24. The minimum atomic E-state index is 0.219. The van der Waals surface area contributed by atoms with Crippen LogP contribution in [0.3, 0.4) is 0 Å². The van der Waals surface area contributed by atoms with Crippen molar-refractivity contribution in [2.75, 3.05) is 12.3 Å². The fraction of sp³-hybridized carbons (Fsp3) is 0.550. The Kier molecular flexibility index (Phi) is 6.72. The second-order valence-electron chi connectivity index (χ2n) is 6.86. The van der Waals surface area contributed by atoms with Gasteiger partial charge in [-0.25, -0.2) is 0 Å². The van der Waals surface area contributed by atoms with Gasteiger partial charge in [-0.15, -0.1) is 10.2 Å². The van der Waals surface area contributed by atoms with Gasteiger partial charge in [-0.2, -0.15) is 0 Å². The molecule has 0 atom stereocenters. The fourth-order valence-electron chi connectivity index (χ4n) is 3.66. The molecule has 0 saturated heterocycles. The quantitative estimate of drug-likeness (QED) is 0.692. The van der Waals surface area contributed by atoms with Crippen LogP contribution < -0.4 is 0 Å². The summed E-state index contributed by atoms with van der Waals surface area (Å²) in [4.78, 5) is 14.8. The minimum absolute atomic E-state index is 0.219. The fourth-order valence-corrected chi connectivity index (χ4v) is 4.53. The Balaban J connectivity index is 1.63. The Labute approximate surface area is 160 Å². The van der Waals surface area contributed by atoms with Crippen molar-refractivity contribution >= 4 is 17.7 Å². The summed E-state index contributed by atoms with van der Waals surface area (Å²) in [6.45, 7) is 5.57. The largest absolute Gasteiger partial charge is 0.339 e. The van der Waals surface area contributed by atoms with Gasteiger partial charge in [0.05, 0.1) is 12.3 Å². The molecule has 1 amide bonds. The van der Waals surface area contributed by atoms with Crippen LogP contribution in [0.5, 0.6) is 0 Å². The summed E-state index contributed by atoms with van der Waals surface area (Å²) >= 11 is 1.50. The topological polar surface area (TPSA) is 51.0 Å². The highest BCUT2D eigenvalue weighted by atomic mass is 32.2. The van der Waals surface area contributed by atoms with Crippen LogP contribution in [0.4, 0.5) is 0 Å². The summed E-state index contributed by atoms with van der Waals surface area (Å²) in [6, 6.07) is 10.7. The maximum atomic E-state index is 12.8. The number of carbonyl (C=O) groups is 1. The zero-order valence-corrected chi connectivity index (χ0v) is 16.5. The third kappa shape index (κ3) is 4.67. The number of hydrogen-bond donors (Lipinski definition) is 0. The van der Waals surface area contributed by atoms with E-state index in [1.807, 2.05) is 25.1 Å². The van der Waals surface area contributed by atoms with Crippen molar-refractivity contribution in [3.63, 3.8) is 0 Å². The van der Waals surface area contributed by atoms with Gasteiger partial charge in [-0.1, -0.05) is 61.4 Å². The van der Waals surface area contributed by atoms with Crippen LogP contribution in [0, 0.1) is 6.92 Å². The molecule has 1 fully saturated rings. The first-order valence-corrected chi connectivity index (χ1v) is 10.5. The number of rotatable bonds is 7. The first-order chi connectivity index (χ1) is 12.7. The van der Waals surface area contributed by atoms with Crippen molar-refractivity contribution in [2.45, 2.75) is 63.7 Å². The van der Waals surface area contributed by atoms with E-state index in [0.717, 1.165) is 36.9 Å². The van der Waals surface area contributed by atoms with Gasteiger partial charge in [-0.3, -0.25) is 4.79 Å². The molecule has 1 saturated carbocycles. The number of carbonyl (C=O) groups excluding carboxylic acids is 1. The Morgan fingerprint density at radius 3 is 2.62 bits per heavy atom. The summed E-state index contributed by atoms with van der Waals surface area (Å²) in [5.41, 5.74) is 1.21. The van der Waals surface area contributed by atoms with Crippen LogP contribution in [0.15, 0.2) is 35.5 Å². The zero-order valence-electron chi connectivity index (χ0n) is 15.7. The second kappa shape index (κ2) is 9.21. The molecule has 0 spiro atoms. The molecule has 0 N–H and O–H groups in total. The lowest BCUT2D eigenvalue weighted by Gasteiger charge is -2.33. The summed E-state index contributed by atoms with van der Waals surface area (Å²) < 4.78 is 2.09. The van der Waals surface area contributed by atoms with E-state index in [1.54, 1.807) is 0 Å². The molecule has 26 heavy (non-hydrogen) atoms. The molecule has 1 aromatic carbocycles. The van der Waals surface area contributed by atoms with Crippen molar-refractivity contribution in [1.29, 1.82) is 0 Å². The van der Waals surface area contributed by atoms with Crippen LogP contribution in [-0.4, -0.2) is 43.9 Å². The van der Waals surface area contributed by atoms with Crippen molar-refractivity contribution in [2.24, 2.45) is 0 Å². The molecule has 0 unspecified atom stereocenters. The third-order valence-corrected chi connectivity index (χ3v) is 6.04. The molecule has 3 rings (SSSR count). The molecule has 140 valence electrons. The average molecular weight is 373 g/mol. The maximum Gasteiger partial charge on any atom is 0.233 e. The summed E-state index contributed by atoms with van der Waals surface area (Å²) in [5, 5.41) is 9.32. The van der Waals surface area contributed by atoms with Crippen molar-refractivity contribution in [3.8, 4) is 0 Å². The Morgan fingerprint density at radius 1 is 1.19 bits per heavy atom. The first-order valence-electron chi connectivity index (χ1n) is 9.55. The van der Waals surface area contributed by atoms with E-state index in [4.69, 9.17) is 0 Å². The monoisotopic (exact) mass is 372 g/mol. The lowest BCUT2D eigenvalue weighted by atomic mass is 9.94. The van der Waals surface area contributed by atoms with E-state index >= 15 is 0 Å². The number of benzene rings is 1. The Morgan fingerprint density at radius 2 is 1.92 bits per heavy atom. The molecule has 6 heteroatoms. The van der Waals surface area contributed by atoms with E-state index in [2.05, 4.69) is 38.7 Å². The highest BCUT2D eigenvalue weighted by molar-refractivity contribution is 7.99. The predicted molar refractivity (Wildman–Crippen MR) is 105 cm³/mol. The maximum absolute atomic E-state index is 12.8. The van der Waals surface area contributed by atoms with Crippen LogP contribution in [0.1, 0.15) is 50.4 Å². The lowest BCUT2D eigenvalue weighted by molar-refractivity contribution is -0.131. The minimum Gasteiger partial charge on any atom is -0.339 e. The molecule has 0 radical (unpaired) electrons. The molecule has 1 aromatic heterocycles. The molecular weight excluding hydrogens is 344 g/mol. The van der Waals surface area contributed by atoms with Gasteiger partial charge in [0, 0.05) is 12.6 Å². The van der Waals surface area contributed by atoms with Gasteiger partial charge >= 0.3 is 0 Å². The summed E-state index contributed by atoms with van der Waals surface area (Å²) in [6.07, 6.45) is 6.08. The van der Waals surface area contributed by atoms with E-state index in [-0.39, 0.29) is 5.91 Å². The predicted octanol–water partition coefficient (Wildman–Crippen LogP) is 3.91. The molecule has 1 aliphatic carbocycles. The average Bonchev–Trinajstić information content (AvgIpc) is 3.02. The standard InChI is InChI=1S/C20H28N4OS/c1-3-23(18-12-8-5-9-13-18)19(25)15-26-20-22-21-16(2)24(20)14-17-10-6-4-7-11-17/h4,6-7,10-11,18H,3,5,8-9,12-15H2,1-2H3. The van der Waals surface area contributed by atoms with E-state index in [0.29, 0.717) is 11.8 Å². The van der Waals surface area contributed by atoms with Gasteiger partial charge < -0.3 is 9.47 Å². The number of thioether (sulfide) groups is 1. The van der Waals surface area contributed by atoms with Crippen LogP contribution in [0.25, 0.3) is 0 Å². The number of aromatic nitrogens is 3. The van der Waals surface area contributed by atoms with Crippen molar-refractivity contribution < 1.29 is 4.79 Å². The number of hydrogen-bond acceptors (Lipinski definition) is 4. The van der Waals surface area contributed by atoms with Crippen LogP contribution in [0.2, 0.25) is 0 Å². The molecule has 0 bridgehead atoms. The Hall–Kier alpha value is -1.82. The molecule has 0 aliphatic heterocycles. The van der Waals surface area contributed by atoms with Crippen LogP contribution in [-0.2, 0) is 11.3 Å². The van der Waals surface area contributed by atoms with Gasteiger partial charge in [0.15, 0.2) is 5.16 Å². The zero-order chi connectivity index (χ0) is 18.4. The van der Waals surface area contributed by atoms with E-state index in [9.17, 15) is 4.79 Å². The molecule has 5 nitrogen and oxygen atoms in total. The van der Waals surface area contributed by atoms with Gasteiger partial charge in [0.1, 0.15) is 5.82 Å². The van der Waals surface area contributed by atoms with Gasteiger partial charge in [0.25, 0.3) is 0 Å². The number of aryl methyl sites for hydroxylation is 1. The van der Waals surface area contributed by atoms with E-state index in [1.165, 1.54) is 36.6 Å². The molecular formula is C20H28N4OS. The van der Waals surface area contributed by atoms with Crippen molar-refractivity contribution in [3.05, 3.63) is 41.7 Å². The lowest BCUT2D eigenvalue weighted by Crippen LogP contribution is -2.42. The molecule has 1 aliphatic rings. The number of amides is 1. The van der Waals surface area contributed by atoms with Crippen molar-refractivity contribution in [1.82, 2.24) is 19.7 Å². The summed E-state index contributed by atoms with van der Waals surface area (Å²) in [5.74, 6) is 1.52. The highest BCUT2D eigenvalue weighted by Gasteiger charge is 2.24. The first kappa shape index (κ1) is 19.0. The number of nitrogens with zero attached hydrogens (tertiary/aromatic N) is 4.